The predicted molar refractivity (Wildman–Crippen MR) is 37.0 cm³/mol. The first-order valence-corrected chi connectivity index (χ1v) is 0. The van der Waals surface area contributed by atoms with Crippen molar-refractivity contribution in [3.8, 4) is 0 Å². The van der Waals surface area contributed by atoms with Gasteiger partial charge in [0.15, 0.2) is 0 Å². The van der Waals surface area contributed by atoms with Crippen LogP contribution in [0.4, 0.5) is 0 Å². The van der Waals surface area contributed by atoms with Crippen LogP contribution in [-0.2, 0) is 0 Å². The summed E-state index contributed by atoms with van der Waals surface area (Å²) in [6, 6.07) is 0. The Bertz CT molecular complexity index is 8.00. The van der Waals surface area contributed by atoms with Crippen molar-refractivity contribution < 1.29 is 0 Å². The third kappa shape index (κ3) is 8.91. The maximum atomic E-state index is 0. The van der Waals surface area contributed by atoms with E-state index in [1.807, 2.05) is 0 Å². The molecule has 0 aromatic rings. The average Bonchev–Trinajstić information content (AvgIpc) is 0. The van der Waals surface area contributed by atoms with E-state index in [2.05, 4.69) is 0 Å². The van der Waals surface area contributed by atoms with Crippen LogP contribution >= 0.6 is 0 Å². The van der Waals surface area contributed by atoms with Crippen molar-refractivity contribution in [1.29, 1.82) is 0 Å². The quantitative estimate of drug-likeness (QED) is 0.276. The Morgan fingerprint density at radius 3 is 1.00 bits per heavy atom. The third-order valence-corrected chi connectivity index (χ3v) is 0. The number of rotatable bonds is 0. The van der Waals surface area contributed by atoms with Gasteiger partial charge in [-0.1, -0.05) is 0 Å². The molecule has 0 aliphatic heterocycles. The van der Waals surface area contributed by atoms with E-state index in [0.29, 0.717) is 0 Å². The molecule has 0 spiro atoms. The van der Waals surface area contributed by atoms with Crippen molar-refractivity contribution in [2.24, 2.45) is 0 Å². The molecule has 0 heterocycles. The normalized spacial score (nSPS) is 0. The molecule has 0 aromatic carbocycles. The van der Waals surface area contributed by atoms with Gasteiger partial charge in [-0.2, -0.15) is 0 Å². The van der Waals surface area contributed by atoms with E-state index < -0.39 is 0 Å². The zero-order chi connectivity index (χ0) is 0. The first-order chi connectivity index (χ1) is 0. The van der Waals surface area contributed by atoms with Crippen molar-refractivity contribution in [3.05, 3.63) is 0 Å². The van der Waals surface area contributed by atoms with Crippen LogP contribution in [0.5, 0.6) is 0 Å². The molecular weight excluding hydrogens is 526 g/mol. The van der Waals surface area contributed by atoms with Gasteiger partial charge in [-0.15, -0.1) is 0 Å². The van der Waals surface area contributed by atoms with Gasteiger partial charge in [-0.3, -0.25) is 0 Å². The summed E-state index contributed by atoms with van der Waals surface area (Å²) in [5, 5.41) is 0. The SMILES string of the molecule is [GeH4].[PbH2].[SnH2].[TeH2]. The number of hydrogen-bond donors (Lipinski definition) is 0. The molecule has 0 rings (SSSR count). The molecule has 0 aliphatic rings. The molecule has 0 atom stereocenters. The molecule has 0 nitrogen and oxygen atoms in total. The average molecular weight is 536 g/mol. The Balaban J connectivity index is 0. The second kappa shape index (κ2) is 16.6. The van der Waals surface area contributed by atoms with Crippen LogP contribution in [0.3, 0.4) is 0 Å². The van der Waals surface area contributed by atoms with Crippen LogP contribution in [0.2, 0.25) is 0 Å². The van der Waals surface area contributed by atoms with Gasteiger partial charge in [0.05, 0.1) is 0 Å². The van der Waals surface area contributed by atoms with Gasteiger partial charge in [0, 0.05) is 0 Å². The van der Waals surface area contributed by atoms with Crippen molar-refractivity contribution in [1.82, 2.24) is 0 Å². The van der Waals surface area contributed by atoms with Gasteiger partial charge in [-0.25, -0.2) is 0 Å². The molecule has 0 unspecified atom stereocenters. The van der Waals surface area contributed by atoms with Crippen LogP contribution in [0.15, 0.2) is 0 Å². The maximum absolute atomic E-state index is 0. The van der Waals surface area contributed by atoms with Crippen molar-refractivity contribution in [2.75, 3.05) is 0 Å². The summed E-state index contributed by atoms with van der Waals surface area (Å²) in [7, 11) is 0. The molecule has 0 amide bonds. The fourth-order valence-electron chi connectivity index (χ4n) is 0. The Morgan fingerprint density at radius 2 is 1.00 bits per heavy atom. The molecule has 0 saturated heterocycles. The van der Waals surface area contributed by atoms with E-state index in [4.69, 9.17) is 0 Å². The summed E-state index contributed by atoms with van der Waals surface area (Å²) >= 11 is 0. The van der Waals surface area contributed by atoms with E-state index in [-0.39, 0.29) is 92.5 Å². The topological polar surface area (TPSA) is 0 Å². The Labute approximate surface area is 90.7 Å². The number of hydrogen-bond acceptors (Lipinski definition) is 0. The molecule has 4 radical (unpaired) electrons. The second-order valence-electron chi connectivity index (χ2n) is 0. The minimum absolute atomic E-state index is 0. The van der Waals surface area contributed by atoms with E-state index in [1.54, 1.807) is 0 Å². The van der Waals surface area contributed by atoms with Gasteiger partial charge >= 0.3 is 92.5 Å². The van der Waals surface area contributed by atoms with Crippen LogP contribution in [0.25, 0.3) is 0 Å². The molecule has 4 heavy (non-hydrogen) atoms. The van der Waals surface area contributed by atoms with E-state index >= 15 is 0 Å². The first kappa shape index (κ1) is 27.7. The Hall–Kier alpha value is 3.05. The summed E-state index contributed by atoms with van der Waals surface area (Å²) < 4.78 is 0. The van der Waals surface area contributed by atoms with Crippen LogP contribution < -0.4 is 0 Å². The zero-order valence-electron chi connectivity index (χ0n) is 1.91. The molecule has 0 aromatic heterocycles. The van der Waals surface area contributed by atoms with Crippen molar-refractivity contribution >= 4 is 92.5 Å². The molecule has 0 bridgehead atoms. The van der Waals surface area contributed by atoms with Crippen molar-refractivity contribution in [2.45, 2.75) is 0 Å². The summed E-state index contributed by atoms with van der Waals surface area (Å²) in [6.45, 7) is 0. The van der Waals surface area contributed by atoms with Gasteiger partial charge in [0.25, 0.3) is 0 Å². The fraction of sp³-hybridized carbons (Fsp3) is 0. The summed E-state index contributed by atoms with van der Waals surface area (Å²) in [6.07, 6.45) is 0. The molecule has 0 saturated carbocycles. The molecule has 4 heteroatoms. The Morgan fingerprint density at radius 1 is 1.00 bits per heavy atom. The summed E-state index contributed by atoms with van der Waals surface area (Å²) in [5.41, 5.74) is 0. The molecule has 28 valence electrons. The minimum atomic E-state index is 0. The Kier molecular flexibility index (Phi) is 115. The standard InChI is InChI=1S/GeH4.Pb.Sn.H2Te.4H/h1H4;;;1H2;;;;. The van der Waals surface area contributed by atoms with E-state index in [0.717, 1.165) is 0 Å². The van der Waals surface area contributed by atoms with E-state index in [1.165, 1.54) is 0 Å². The molecule has 0 N–H and O–H groups in total. The monoisotopic (exact) mass is 542 g/mol. The second-order valence-corrected chi connectivity index (χ2v) is 0. The third-order valence-electron chi connectivity index (χ3n) is 0. The fourth-order valence-corrected chi connectivity index (χ4v) is 0. The van der Waals surface area contributed by atoms with Crippen LogP contribution in [0, 0.1) is 0 Å². The summed E-state index contributed by atoms with van der Waals surface area (Å²) in [5.74, 6) is 0. The van der Waals surface area contributed by atoms with E-state index in [9.17, 15) is 0 Å². The molecule has 0 aliphatic carbocycles. The predicted octanol–water partition coefficient (Wildman–Crippen LogP) is -4.20. The van der Waals surface area contributed by atoms with Crippen LogP contribution in [-0.4, -0.2) is 92.5 Å². The summed E-state index contributed by atoms with van der Waals surface area (Å²) in [4.78, 5) is 0. The molecular formula is H10GePbSnTe. The van der Waals surface area contributed by atoms with Gasteiger partial charge in [0.2, 0.25) is 0 Å². The van der Waals surface area contributed by atoms with Crippen LogP contribution in [0.1, 0.15) is 0 Å². The first-order valence-electron chi connectivity index (χ1n) is 0. The van der Waals surface area contributed by atoms with Gasteiger partial charge in [-0.05, 0) is 0 Å². The molecule has 0 fully saturated rings. The van der Waals surface area contributed by atoms with Crippen molar-refractivity contribution in [3.63, 3.8) is 0 Å². The zero-order valence-corrected chi connectivity index (χ0v) is 14.3. The van der Waals surface area contributed by atoms with Gasteiger partial charge < -0.3 is 0 Å². The van der Waals surface area contributed by atoms with Gasteiger partial charge in [0.1, 0.15) is 0 Å².